The Balaban J connectivity index is 1.74. The molecule has 2 aliphatic carbocycles. The summed E-state index contributed by atoms with van der Waals surface area (Å²) in [7, 11) is 3.22. The van der Waals surface area contributed by atoms with Crippen LogP contribution in [0.5, 0.6) is 0 Å². The molecule has 1 N–H and O–H groups in total. The maximum absolute atomic E-state index is 12.0. The molecule has 3 atom stereocenters. The highest BCUT2D eigenvalue weighted by Gasteiger charge is 2.39. The van der Waals surface area contributed by atoms with Crippen molar-refractivity contribution in [3.05, 3.63) is 32.6 Å². The van der Waals surface area contributed by atoms with E-state index >= 15 is 0 Å². The van der Waals surface area contributed by atoms with Gasteiger partial charge >= 0.3 is 5.69 Å². The van der Waals surface area contributed by atoms with Crippen molar-refractivity contribution in [1.29, 1.82) is 0 Å². The van der Waals surface area contributed by atoms with Gasteiger partial charge in [-0.2, -0.15) is 0 Å². The summed E-state index contributed by atoms with van der Waals surface area (Å²) in [5.74, 6) is 1.69. The van der Waals surface area contributed by atoms with Gasteiger partial charge in [0.15, 0.2) is 0 Å². The van der Waals surface area contributed by atoms with Crippen LogP contribution in [0.25, 0.3) is 0 Å². The Morgan fingerprint density at radius 2 is 2.05 bits per heavy atom. The molecule has 0 amide bonds. The quantitative estimate of drug-likeness (QED) is 0.857. The van der Waals surface area contributed by atoms with Crippen LogP contribution < -0.4 is 16.6 Å². The minimum Gasteiger partial charge on any atom is -0.309 e. The molecule has 2 bridgehead atoms. The molecule has 19 heavy (non-hydrogen) atoms. The zero-order valence-electron chi connectivity index (χ0n) is 11.6. The molecular weight excluding hydrogens is 242 g/mol. The standard InChI is InChI=1S/C14H21N3O2/c1-16-8-11(13(18)17(2)14(16)19)7-15-12-6-9-3-4-10(12)5-9/h8-10,12,15H,3-7H2,1-2H3. The van der Waals surface area contributed by atoms with Crippen molar-refractivity contribution in [2.24, 2.45) is 25.9 Å². The van der Waals surface area contributed by atoms with E-state index in [2.05, 4.69) is 5.32 Å². The van der Waals surface area contributed by atoms with Gasteiger partial charge in [0.05, 0.1) is 0 Å². The Hall–Kier alpha value is -1.36. The first-order valence-corrected chi connectivity index (χ1v) is 7.05. The summed E-state index contributed by atoms with van der Waals surface area (Å²) in [5.41, 5.74) is 0.222. The fraction of sp³-hybridized carbons (Fsp3) is 0.714. The third-order valence-corrected chi connectivity index (χ3v) is 4.81. The van der Waals surface area contributed by atoms with Gasteiger partial charge in [0.25, 0.3) is 5.56 Å². The molecule has 0 saturated heterocycles. The lowest BCUT2D eigenvalue weighted by Crippen LogP contribution is -2.41. The largest absolute Gasteiger partial charge is 0.330 e. The van der Waals surface area contributed by atoms with E-state index in [0.29, 0.717) is 18.2 Å². The monoisotopic (exact) mass is 263 g/mol. The van der Waals surface area contributed by atoms with Crippen LogP contribution in [-0.2, 0) is 20.6 Å². The number of hydrogen-bond donors (Lipinski definition) is 1. The third-order valence-electron chi connectivity index (χ3n) is 4.81. The lowest BCUT2D eigenvalue weighted by Gasteiger charge is -2.23. The van der Waals surface area contributed by atoms with Crippen molar-refractivity contribution in [2.45, 2.75) is 38.3 Å². The minimum atomic E-state index is -0.270. The first-order valence-electron chi connectivity index (χ1n) is 7.05. The number of nitrogens with one attached hydrogen (secondary N) is 1. The maximum atomic E-state index is 12.0. The molecule has 1 heterocycles. The number of hydrogen-bond acceptors (Lipinski definition) is 3. The first kappa shape index (κ1) is 12.7. The van der Waals surface area contributed by atoms with Crippen LogP contribution in [-0.4, -0.2) is 15.2 Å². The molecule has 0 aromatic carbocycles. The summed E-state index contributed by atoms with van der Waals surface area (Å²) in [6.07, 6.45) is 6.96. The number of fused-ring (bicyclic) bond motifs is 2. The highest BCUT2D eigenvalue weighted by molar-refractivity contribution is 5.06. The fourth-order valence-electron chi connectivity index (χ4n) is 3.74. The zero-order valence-corrected chi connectivity index (χ0v) is 11.6. The third kappa shape index (κ3) is 2.16. The fourth-order valence-corrected chi connectivity index (χ4v) is 3.74. The van der Waals surface area contributed by atoms with Gasteiger partial charge in [0.2, 0.25) is 0 Å². The van der Waals surface area contributed by atoms with Crippen molar-refractivity contribution in [3.8, 4) is 0 Å². The van der Waals surface area contributed by atoms with Gasteiger partial charge in [-0.15, -0.1) is 0 Å². The average Bonchev–Trinajstić information content (AvgIpc) is 3.01. The molecule has 3 rings (SSSR count). The predicted octanol–water partition coefficient (Wildman–Crippen LogP) is 0.362. The highest BCUT2D eigenvalue weighted by atomic mass is 16.2. The topological polar surface area (TPSA) is 56.0 Å². The summed E-state index contributed by atoms with van der Waals surface area (Å²) in [6, 6.07) is 0.556. The molecule has 3 unspecified atom stereocenters. The van der Waals surface area contributed by atoms with Crippen LogP contribution in [0.3, 0.4) is 0 Å². The van der Waals surface area contributed by atoms with Crippen LogP contribution in [0, 0.1) is 11.8 Å². The van der Waals surface area contributed by atoms with Gasteiger partial charge in [-0.25, -0.2) is 4.79 Å². The average molecular weight is 263 g/mol. The lowest BCUT2D eigenvalue weighted by molar-refractivity contribution is 0.349. The van der Waals surface area contributed by atoms with Gasteiger partial charge < -0.3 is 9.88 Å². The Labute approximate surface area is 112 Å². The molecule has 5 nitrogen and oxygen atoms in total. The van der Waals surface area contributed by atoms with Gasteiger partial charge in [0, 0.05) is 38.4 Å². The minimum absolute atomic E-state index is 0.182. The molecular formula is C14H21N3O2. The number of aromatic nitrogens is 2. The Morgan fingerprint density at radius 1 is 1.26 bits per heavy atom. The molecule has 2 saturated carbocycles. The van der Waals surface area contributed by atoms with Gasteiger partial charge in [0.1, 0.15) is 0 Å². The SMILES string of the molecule is Cn1cc(CNC2CC3CCC2C3)c(=O)n(C)c1=O. The van der Waals surface area contributed by atoms with E-state index in [4.69, 9.17) is 0 Å². The van der Waals surface area contributed by atoms with Crippen molar-refractivity contribution < 1.29 is 0 Å². The highest BCUT2D eigenvalue weighted by Crippen LogP contribution is 2.44. The molecule has 2 fully saturated rings. The summed E-state index contributed by atoms with van der Waals surface area (Å²) < 4.78 is 2.65. The van der Waals surface area contributed by atoms with Gasteiger partial charge in [-0.1, -0.05) is 6.42 Å². The number of aryl methyl sites for hydroxylation is 1. The van der Waals surface area contributed by atoms with Gasteiger partial charge in [-0.05, 0) is 31.1 Å². The Bertz CT molecular complexity index is 602. The summed E-state index contributed by atoms with van der Waals surface area (Å²) in [4.78, 5) is 23.6. The normalized spacial score (nSPS) is 29.1. The van der Waals surface area contributed by atoms with E-state index < -0.39 is 0 Å². The van der Waals surface area contributed by atoms with E-state index in [1.165, 1.54) is 41.9 Å². The number of rotatable bonds is 3. The summed E-state index contributed by atoms with van der Waals surface area (Å²) in [5, 5.41) is 3.52. The van der Waals surface area contributed by atoms with E-state index in [0.717, 1.165) is 11.8 Å². The van der Waals surface area contributed by atoms with Crippen molar-refractivity contribution >= 4 is 0 Å². The van der Waals surface area contributed by atoms with E-state index in [1.54, 1.807) is 13.2 Å². The molecule has 104 valence electrons. The van der Waals surface area contributed by atoms with Crippen LogP contribution >= 0.6 is 0 Å². The second-order valence-corrected chi connectivity index (χ2v) is 6.07. The van der Waals surface area contributed by atoms with Crippen LogP contribution in [0.2, 0.25) is 0 Å². The predicted molar refractivity (Wildman–Crippen MR) is 73.0 cm³/mol. The Morgan fingerprint density at radius 3 is 2.68 bits per heavy atom. The van der Waals surface area contributed by atoms with Crippen molar-refractivity contribution in [1.82, 2.24) is 14.5 Å². The summed E-state index contributed by atoms with van der Waals surface area (Å²) >= 11 is 0. The first-order chi connectivity index (χ1) is 9.06. The molecule has 1 aromatic heterocycles. The summed E-state index contributed by atoms with van der Waals surface area (Å²) in [6.45, 7) is 0.564. The van der Waals surface area contributed by atoms with E-state index in [-0.39, 0.29) is 11.2 Å². The molecule has 2 aliphatic rings. The second-order valence-electron chi connectivity index (χ2n) is 6.07. The molecule has 0 radical (unpaired) electrons. The lowest BCUT2D eigenvalue weighted by atomic mass is 9.95. The smallest absolute Gasteiger partial charge is 0.309 e. The van der Waals surface area contributed by atoms with Crippen molar-refractivity contribution in [3.63, 3.8) is 0 Å². The van der Waals surface area contributed by atoms with E-state index in [9.17, 15) is 9.59 Å². The molecule has 5 heteroatoms. The van der Waals surface area contributed by atoms with Crippen LogP contribution in [0.1, 0.15) is 31.2 Å². The van der Waals surface area contributed by atoms with Gasteiger partial charge in [-0.3, -0.25) is 9.36 Å². The Kier molecular flexibility index (Phi) is 3.09. The molecule has 0 spiro atoms. The second kappa shape index (κ2) is 4.63. The van der Waals surface area contributed by atoms with E-state index in [1.807, 2.05) is 0 Å². The van der Waals surface area contributed by atoms with Crippen molar-refractivity contribution in [2.75, 3.05) is 0 Å². The molecule has 0 aliphatic heterocycles. The zero-order chi connectivity index (χ0) is 13.6. The number of nitrogens with zero attached hydrogens (tertiary/aromatic N) is 2. The maximum Gasteiger partial charge on any atom is 0.330 e. The van der Waals surface area contributed by atoms with Crippen LogP contribution in [0.4, 0.5) is 0 Å². The molecule has 1 aromatic rings. The van der Waals surface area contributed by atoms with Crippen LogP contribution in [0.15, 0.2) is 15.8 Å².